The fourth-order valence-corrected chi connectivity index (χ4v) is 4.93. The molecule has 0 unspecified atom stereocenters. The molecule has 2 aromatic carbocycles. The first-order chi connectivity index (χ1) is 14.4. The van der Waals surface area contributed by atoms with Crippen LogP contribution in [0.3, 0.4) is 0 Å². The van der Waals surface area contributed by atoms with Crippen LogP contribution in [0.1, 0.15) is 40.7 Å². The van der Waals surface area contributed by atoms with Crippen molar-refractivity contribution in [2.24, 2.45) is 0 Å². The standard InChI is InChI=1S/C25H25FN2OS/c1-5-7-21-27-24-23(25(29)28(21)14-18-8-6-9-20(26)13-18)22(17(4)30-24)19-11-10-15(2)16(3)12-19/h6,8-13H,5,7,14H2,1-4H3. The maximum absolute atomic E-state index is 13.7. The van der Waals surface area contributed by atoms with E-state index in [1.54, 1.807) is 22.0 Å². The lowest BCUT2D eigenvalue weighted by Gasteiger charge is -2.13. The summed E-state index contributed by atoms with van der Waals surface area (Å²) in [4.78, 5) is 20.5. The maximum Gasteiger partial charge on any atom is 0.263 e. The molecule has 2 aromatic heterocycles. The molecule has 0 saturated heterocycles. The fourth-order valence-electron chi connectivity index (χ4n) is 3.88. The zero-order valence-corrected chi connectivity index (χ0v) is 18.6. The Morgan fingerprint density at radius 2 is 1.87 bits per heavy atom. The number of nitrogens with zero attached hydrogens (tertiary/aromatic N) is 2. The molecule has 4 aromatic rings. The van der Waals surface area contributed by atoms with Crippen molar-refractivity contribution < 1.29 is 4.39 Å². The van der Waals surface area contributed by atoms with Gasteiger partial charge in [-0.25, -0.2) is 9.37 Å². The number of halogens is 1. The summed E-state index contributed by atoms with van der Waals surface area (Å²) in [6.45, 7) is 8.61. The summed E-state index contributed by atoms with van der Waals surface area (Å²) in [6, 6.07) is 12.7. The third-order valence-electron chi connectivity index (χ3n) is 5.57. The Balaban J connectivity index is 1.96. The van der Waals surface area contributed by atoms with E-state index >= 15 is 0 Å². The molecule has 0 aliphatic rings. The molecule has 3 nitrogen and oxygen atoms in total. The molecule has 0 fully saturated rings. The van der Waals surface area contributed by atoms with Crippen LogP contribution in [0, 0.1) is 26.6 Å². The van der Waals surface area contributed by atoms with Gasteiger partial charge in [-0.3, -0.25) is 9.36 Å². The van der Waals surface area contributed by atoms with Crippen LogP contribution in [-0.4, -0.2) is 9.55 Å². The van der Waals surface area contributed by atoms with Gasteiger partial charge >= 0.3 is 0 Å². The molecule has 154 valence electrons. The number of aryl methyl sites for hydroxylation is 4. The molecule has 30 heavy (non-hydrogen) atoms. The molecule has 5 heteroatoms. The number of aromatic nitrogens is 2. The van der Waals surface area contributed by atoms with Crippen LogP contribution in [0.25, 0.3) is 21.3 Å². The molecule has 0 aliphatic heterocycles. The van der Waals surface area contributed by atoms with Gasteiger partial charge in [0.25, 0.3) is 5.56 Å². The van der Waals surface area contributed by atoms with Crippen molar-refractivity contribution in [3.63, 3.8) is 0 Å². The van der Waals surface area contributed by atoms with Crippen molar-refractivity contribution in [3.05, 3.63) is 86.0 Å². The fraction of sp³-hybridized carbons (Fsp3) is 0.280. The van der Waals surface area contributed by atoms with Gasteiger partial charge in [-0.2, -0.15) is 0 Å². The topological polar surface area (TPSA) is 34.9 Å². The van der Waals surface area contributed by atoms with Gasteiger partial charge in [0.05, 0.1) is 11.9 Å². The van der Waals surface area contributed by atoms with E-state index in [-0.39, 0.29) is 11.4 Å². The van der Waals surface area contributed by atoms with Crippen LogP contribution in [0.2, 0.25) is 0 Å². The molecule has 0 amide bonds. The largest absolute Gasteiger partial charge is 0.292 e. The van der Waals surface area contributed by atoms with Crippen molar-refractivity contribution in [1.29, 1.82) is 0 Å². The highest BCUT2D eigenvalue weighted by atomic mass is 32.1. The molecule has 2 heterocycles. The highest BCUT2D eigenvalue weighted by Gasteiger charge is 2.20. The molecular weight excluding hydrogens is 395 g/mol. The van der Waals surface area contributed by atoms with Gasteiger partial charge < -0.3 is 0 Å². The second kappa shape index (κ2) is 8.15. The Morgan fingerprint density at radius 1 is 1.07 bits per heavy atom. The summed E-state index contributed by atoms with van der Waals surface area (Å²) >= 11 is 1.57. The van der Waals surface area contributed by atoms with E-state index in [0.717, 1.165) is 38.6 Å². The van der Waals surface area contributed by atoms with E-state index in [1.165, 1.54) is 23.3 Å². The molecule has 0 N–H and O–H groups in total. The summed E-state index contributed by atoms with van der Waals surface area (Å²) in [5.41, 5.74) is 5.14. The minimum atomic E-state index is -0.297. The average molecular weight is 421 g/mol. The normalized spacial score (nSPS) is 11.4. The number of thiophene rings is 1. The minimum Gasteiger partial charge on any atom is -0.292 e. The highest BCUT2D eigenvalue weighted by molar-refractivity contribution is 7.19. The number of benzene rings is 2. The molecule has 0 spiro atoms. The second-order valence-electron chi connectivity index (χ2n) is 7.81. The van der Waals surface area contributed by atoms with Crippen LogP contribution >= 0.6 is 11.3 Å². The third kappa shape index (κ3) is 3.70. The Kier molecular flexibility index (Phi) is 5.56. The second-order valence-corrected chi connectivity index (χ2v) is 9.01. The first kappa shape index (κ1) is 20.5. The summed E-state index contributed by atoms with van der Waals surface area (Å²) in [7, 11) is 0. The number of rotatable bonds is 5. The smallest absolute Gasteiger partial charge is 0.263 e. The van der Waals surface area contributed by atoms with E-state index in [0.29, 0.717) is 18.4 Å². The molecule has 0 saturated carbocycles. The van der Waals surface area contributed by atoms with Crippen LogP contribution in [-0.2, 0) is 13.0 Å². The van der Waals surface area contributed by atoms with Gasteiger partial charge in [-0.05, 0) is 61.6 Å². The van der Waals surface area contributed by atoms with E-state index < -0.39 is 0 Å². The van der Waals surface area contributed by atoms with Crippen LogP contribution in [0.4, 0.5) is 4.39 Å². The monoisotopic (exact) mass is 420 g/mol. The number of hydrogen-bond donors (Lipinski definition) is 0. The maximum atomic E-state index is 13.7. The van der Waals surface area contributed by atoms with E-state index in [2.05, 4.69) is 39.0 Å². The van der Waals surface area contributed by atoms with Gasteiger partial charge in [0, 0.05) is 16.9 Å². The van der Waals surface area contributed by atoms with Gasteiger partial charge in [0.15, 0.2) is 0 Å². The van der Waals surface area contributed by atoms with E-state index in [1.807, 2.05) is 13.0 Å². The van der Waals surface area contributed by atoms with Gasteiger partial charge in [-0.15, -0.1) is 11.3 Å². The van der Waals surface area contributed by atoms with Gasteiger partial charge in [0.2, 0.25) is 0 Å². The Bertz CT molecular complexity index is 1300. The quantitative estimate of drug-likeness (QED) is 0.386. The molecule has 0 atom stereocenters. The Hall–Kier alpha value is -2.79. The molecular formula is C25H25FN2OS. The first-order valence-electron chi connectivity index (χ1n) is 10.2. The molecule has 0 aliphatic carbocycles. The van der Waals surface area contributed by atoms with E-state index in [9.17, 15) is 9.18 Å². The summed E-state index contributed by atoms with van der Waals surface area (Å²) in [5.74, 6) is 0.459. The van der Waals surface area contributed by atoms with Gasteiger partial charge in [-0.1, -0.05) is 37.3 Å². The number of hydrogen-bond acceptors (Lipinski definition) is 3. The lowest BCUT2D eigenvalue weighted by molar-refractivity contribution is 0.618. The zero-order valence-electron chi connectivity index (χ0n) is 17.8. The summed E-state index contributed by atoms with van der Waals surface area (Å²) < 4.78 is 15.4. The van der Waals surface area contributed by atoms with Crippen LogP contribution in [0.15, 0.2) is 47.3 Å². The Labute approximate surface area is 179 Å². The van der Waals surface area contributed by atoms with Crippen molar-refractivity contribution >= 4 is 21.6 Å². The minimum absolute atomic E-state index is 0.0507. The van der Waals surface area contributed by atoms with Crippen molar-refractivity contribution in [2.75, 3.05) is 0 Å². The van der Waals surface area contributed by atoms with Crippen molar-refractivity contribution in [2.45, 2.75) is 47.1 Å². The third-order valence-corrected chi connectivity index (χ3v) is 6.56. The Morgan fingerprint density at radius 3 is 2.57 bits per heavy atom. The lowest BCUT2D eigenvalue weighted by Crippen LogP contribution is -2.26. The summed E-state index contributed by atoms with van der Waals surface area (Å²) in [5, 5.41) is 0.664. The zero-order chi connectivity index (χ0) is 21.4. The van der Waals surface area contributed by atoms with Crippen molar-refractivity contribution in [1.82, 2.24) is 9.55 Å². The van der Waals surface area contributed by atoms with Gasteiger partial charge in [0.1, 0.15) is 16.5 Å². The lowest BCUT2D eigenvalue weighted by atomic mass is 9.99. The van der Waals surface area contributed by atoms with Crippen molar-refractivity contribution in [3.8, 4) is 11.1 Å². The SMILES string of the molecule is CCCc1nc2sc(C)c(-c3ccc(C)c(C)c3)c2c(=O)n1Cc1cccc(F)c1. The predicted molar refractivity (Wildman–Crippen MR) is 123 cm³/mol. The summed E-state index contributed by atoms with van der Waals surface area (Å²) in [6.07, 6.45) is 1.59. The number of fused-ring (bicyclic) bond motifs is 1. The first-order valence-corrected chi connectivity index (χ1v) is 11.1. The van der Waals surface area contributed by atoms with Crippen LogP contribution < -0.4 is 5.56 Å². The van der Waals surface area contributed by atoms with E-state index in [4.69, 9.17) is 4.98 Å². The average Bonchev–Trinajstić information content (AvgIpc) is 3.03. The van der Waals surface area contributed by atoms with Crippen LogP contribution in [0.5, 0.6) is 0 Å². The molecule has 0 radical (unpaired) electrons. The predicted octanol–water partition coefficient (Wildman–Crippen LogP) is 6.19. The highest BCUT2D eigenvalue weighted by Crippen LogP contribution is 2.36. The molecule has 4 rings (SSSR count). The molecule has 0 bridgehead atoms.